The number of ether oxygens (including phenoxy) is 1. The Hall–Kier alpha value is -3.12. The van der Waals surface area contributed by atoms with Crippen LogP contribution in [-0.4, -0.2) is 30.9 Å². The Kier molecular flexibility index (Phi) is 6.54. The van der Waals surface area contributed by atoms with Crippen LogP contribution < -0.4 is 4.74 Å². The molecule has 2 heterocycles. The average Bonchev–Trinajstić information content (AvgIpc) is 2.78. The van der Waals surface area contributed by atoms with Crippen molar-refractivity contribution in [1.29, 1.82) is 0 Å². The van der Waals surface area contributed by atoms with Crippen LogP contribution in [0.1, 0.15) is 23.1 Å². The van der Waals surface area contributed by atoms with Gasteiger partial charge in [-0.05, 0) is 41.8 Å². The molecule has 12 heteroatoms. The first kappa shape index (κ1) is 25.0. The molecule has 1 aromatic heterocycles. The van der Waals surface area contributed by atoms with Crippen LogP contribution >= 0.6 is 0 Å². The minimum absolute atomic E-state index is 0.0562. The summed E-state index contributed by atoms with van der Waals surface area (Å²) in [6.07, 6.45) is -8.72. The van der Waals surface area contributed by atoms with Crippen molar-refractivity contribution >= 4 is 10.0 Å². The number of aromatic nitrogens is 1. The molecule has 35 heavy (non-hydrogen) atoms. The highest BCUT2D eigenvalue weighted by atomic mass is 32.2. The number of rotatable bonds is 3. The summed E-state index contributed by atoms with van der Waals surface area (Å²) in [7, 11) is -4.76. The van der Waals surface area contributed by atoms with Gasteiger partial charge in [0.25, 0.3) is 0 Å². The van der Waals surface area contributed by atoms with Crippen LogP contribution in [0.3, 0.4) is 0 Å². The van der Waals surface area contributed by atoms with Crippen LogP contribution in [0, 0.1) is 0 Å². The normalized spacial score (nSPS) is 15.6. The van der Waals surface area contributed by atoms with Gasteiger partial charge in [0, 0.05) is 24.8 Å². The van der Waals surface area contributed by atoms with Gasteiger partial charge in [-0.2, -0.15) is 30.6 Å². The van der Waals surface area contributed by atoms with E-state index >= 15 is 0 Å². The van der Waals surface area contributed by atoms with Crippen molar-refractivity contribution in [3.8, 4) is 17.0 Å². The number of benzene rings is 2. The molecule has 2 aromatic carbocycles. The highest BCUT2D eigenvalue weighted by Gasteiger charge is 2.39. The Morgan fingerprint density at radius 3 is 2.11 bits per heavy atom. The number of nitrogens with zero attached hydrogens (tertiary/aromatic N) is 2. The lowest BCUT2D eigenvalue weighted by molar-refractivity contribution is -0.143. The Morgan fingerprint density at radius 2 is 1.51 bits per heavy atom. The van der Waals surface area contributed by atoms with Crippen molar-refractivity contribution in [2.45, 2.75) is 30.2 Å². The van der Waals surface area contributed by atoms with E-state index < -0.39 is 38.4 Å². The van der Waals surface area contributed by atoms with E-state index in [4.69, 9.17) is 4.74 Å². The number of pyridine rings is 1. The monoisotopic (exact) mass is 516 g/mol. The molecule has 0 bridgehead atoms. The highest BCUT2D eigenvalue weighted by molar-refractivity contribution is 7.89. The molecule has 5 nitrogen and oxygen atoms in total. The van der Waals surface area contributed by atoms with Crippen molar-refractivity contribution in [3.05, 3.63) is 77.5 Å². The maximum atomic E-state index is 13.4. The fourth-order valence-electron chi connectivity index (χ4n) is 3.73. The number of hydrogen-bond donors (Lipinski definition) is 0. The molecule has 0 saturated carbocycles. The predicted molar refractivity (Wildman–Crippen MR) is 114 cm³/mol. The lowest BCUT2D eigenvalue weighted by Gasteiger charge is -2.27. The van der Waals surface area contributed by atoms with Crippen LogP contribution in [0.25, 0.3) is 11.1 Å². The largest absolute Gasteiger partial charge is 0.477 e. The zero-order chi connectivity index (χ0) is 25.4. The summed E-state index contributed by atoms with van der Waals surface area (Å²) in [5.41, 5.74) is -1.75. The van der Waals surface area contributed by atoms with Crippen LogP contribution in [0.15, 0.2) is 65.7 Å². The molecule has 0 amide bonds. The maximum absolute atomic E-state index is 13.4. The van der Waals surface area contributed by atoms with Crippen molar-refractivity contribution in [3.63, 3.8) is 0 Å². The lowest BCUT2D eigenvalue weighted by atomic mass is 10.0. The number of halogens is 6. The molecular weight excluding hydrogens is 498 g/mol. The average molecular weight is 516 g/mol. The molecule has 4 rings (SSSR count). The molecule has 0 radical (unpaired) electrons. The zero-order valence-electron chi connectivity index (χ0n) is 17.9. The molecule has 0 N–H and O–H groups in total. The van der Waals surface area contributed by atoms with E-state index in [2.05, 4.69) is 4.98 Å². The van der Waals surface area contributed by atoms with Gasteiger partial charge in [0.1, 0.15) is 0 Å². The van der Waals surface area contributed by atoms with Crippen LogP contribution in [0.2, 0.25) is 0 Å². The summed E-state index contributed by atoms with van der Waals surface area (Å²) >= 11 is 0. The fraction of sp³-hybridized carbons (Fsp3) is 0.261. The van der Waals surface area contributed by atoms with E-state index in [1.54, 1.807) is 36.4 Å². The predicted octanol–water partition coefficient (Wildman–Crippen LogP) is 5.76. The zero-order valence-corrected chi connectivity index (χ0v) is 18.7. The van der Waals surface area contributed by atoms with Gasteiger partial charge in [0.05, 0.1) is 22.6 Å². The summed E-state index contributed by atoms with van der Waals surface area (Å²) in [6, 6.07) is 10.8. The summed E-state index contributed by atoms with van der Waals surface area (Å²) in [4.78, 5) is 3.06. The third-order valence-corrected chi connectivity index (χ3v) is 7.25. The maximum Gasteiger partial charge on any atom is 0.416 e. The molecule has 1 aliphatic rings. The molecule has 0 unspecified atom stereocenters. The van der Waals surface area contributed by atoms with E-state index in [1.807, 2.05) is 0 Å². The van der Waals surface area contributed by atoms with E-state index in [0.717, 1.165) is 4.31 Å². The molecule has 186 valence electrons. The minimum Gasteiger partial charge on any atom is -0.477 e. The van der Waals surface area contributed by atoms with Gasteiger partial charge in [0.15, 0.2) is 0 Å². The number of fused-ring (bicyclic) bond motifs is 1. The number of alkyl halides is 6. The highest BCUT2D eigenvalue weighted by Crippen LogP contribution is 2.39. The Balaban J connectivity index is 1.83. The number of sulfonamides is 1. The van der Waals surface area contributed by atoms with Gasteiger partial charge in [-0.1, -0.05) is 30.3 Å². The van der Waals surface area contributed by atoms with Gasteiger partial charge >= 0.3 is 12.4 Å². The summed E-state index contributed by atoms with van der Waals surface area (Å²) < 4.78 is 113. The fourth-order valence-corrected chi connectivity index (χ4v) is 5.25. The third kappa shape index (κ3) is 5.27. The summed E-state index contributed by atoms with van der Waals surface area (Å²) in [5, 5.41) is 0. The molecule has 1 aliphatic heterocycles. The first-order valence-corrected chi connectivity index (χ1v) is 11.8. The molecule has 0 saturated heterocycles. The van der Waals surface area contributed by atoms with Crippen LogP contribution in [0.5, 0.6) is 5.88 Å². The summed E-state index contributed by atoms with van der Waals surface area (Å²) in [6.45, 7) is -0.476. The van der Waals surface area contributed by atoms with Crippen LogP contribution in [0.4, 0.5) is 26.3 Å². The second-order valence-corrected chi connectivity index (χ2v) is 9.73. The number of hydrogen-bond acceptors (Lipinski definition) is 4. The molecule has 0 fully saturated rings. The van der Waals surface area contributed by atoms with Gasteiger partial charge in [0.2, 0.25) is 15.9 Å². The quantitative estimate of drug-likeness (QED) is 0.416. The topological polar surface area (TPSA) is 59.5 Å². The summed E-state index contributed by atoms with van der Waals surface area (Å²) in [5.74, 6) is 0.145. The van der Waals surface area contributed by atoms with E-state index in [-0.39, 0.29) is 50.2 Å². The SMILES string of the molecule is O=S(=O)(c1cc(C(F)(F)F)cc(C(F)(F)F)c1)N1CCCOc2nccc(-c3ccccc3)c2C1. The van der Waals surface area contributed by atoms with Crippen molar-refractivity contribution in [2.75, 3.05) is 13.2 Å². The van der Waals surface area contributed by atoms with E-state index in [1.165, 1.54) is 6.20 Å². The van der Waals surface area contributed by atoms with Crippen molar-refractivity contribution < 1.29 is 39.5 Å². The Bertz CT molecular complexity index is 1290. The molecular formula is C23H18F6N2O3S. The standard InChI is InChI=1S/C23H18F6N2O3S/c24-22(25,26)16-11-17(23(27,28)29)13-18(12-16)35(32,33)31-9-4-10-34-21-20(14-31)19(7-8-30-21)15-5-2-1-3-6-15/h1-3,5-8,11-13H,4,9-10,14H2. The van der Waals surface area contributed by atoms with Crippen molar-refractivity contribution in [1.82, 2.24) is 9.29 Å². The second-order valence-electron chi connectivity index (χ2n) is 7.79. The lowest BCUT2D eigenvalue weighted by Crippen LogP contribution is -2.34. The van der Waals surface area contributed by atoms with Gasteiger partial charge in [-0.25, -0.2) is 13.4 Å². The Morgan fingerprint density at radius 1 is 0.886 bits per heavy atom. The van der Waals surface area contributed by atoms with E-state index in [0.29, 0.717) is 16.7 Å². The molecule has 3 aromatic rings. The van der Waals surface area contributed by atoms with Gasteiger partial charge in [-0.15, -0.1) is 0 Å². The molecule has 0 atom stereocenters. The van der Waals surface area contributed by atoms with E-state index in [9.17, 15) is 34.8 Å². The second kappa shape index (κ2) is 9.15. The first-order valence-electron chi connectivity index (χ1n) is 10.3. The van der Waals surface area contributed by atoms with Gasteiger partial charge in [-0.3, -0.25) is 0 Å². The third-order valence-electron chi connectivity index (χ3n) is 5.43. The Labute approximate surface area is 197 Å². The minimum atomic E-state index is -5.17. The molecule has 0 spiro atoms. The first-order chi connectivity index (χ1) is 16.4. The van der Waals surface area contributed by atoms with Gasteiger partial charge < -0.3 is 4.74 Å². The van der Waals surface area contributed by atoms with Crippen LogP contribution in [-0.2, 0) is 28.9 Å². The smallest absolute Gasteiger partial charge is 0.416 e. The van der Waals surface area contributed by atoms with Crippen molar-refractivity contribution in [2.24, 2.45) is 0 Å². The molecule has 0 aliphatic carbocycles.